The van der Waals surface area contributed by atoms with Crippen LogP contribution in [0.25, 0.3) is 77.9 Å². The maximum Gasteiger partial charge on any atom is 0.162 e. The highest BCUT2D eigenvalue weighted by atomic mass is 15.1. The monoisotopic (exact) mass is 757 g/mol. The molecule has 7 aromatic carbocycles. The maximum absolute atomic E-state index is 4.56. The van der Waals surface area contributed by atoms with Crippen LogP contribution in [0.1, 0.15) is 0 Å². The van der Waals surface area contributed by atoms with Crippen molar-refractivity contribution >= 4 is 49.8 Å². The van der Waals surface area contributed by atoms with E-state index in [1.165, 1.54) is 45.4 Å². The van der Waals surface area contributed by atoms with Crippen LogP contribution in [-0.4, -0.2) is 29.1 Å². The number of hydrogen-bond donors (Lipinski definition) is 0. The third-order valence-corrected chi connectivity index (χ3v) is 11.0. The van der Waals surface area contributed by atoms with E-state index in [4.69, 9.17) is 0 Å². The average molecular weight is 758 g/mol. The molecule has 0 radical (unpaired) electrons. The summed E-state index contributed by atoms with van der Waals surface area (Å²) in [4.78, 5) is 19.5. The molecule has 0 aliphatic rings. The van der Waals surface area contributed by atoms with Crippen LogP contribution in [0.2, 0.25) is 0 Å². The fourth-order valence-corrected chi connectivity index (χ4v) is 8.21. The normalized spacial score (nSPS) is 11.4. The molecule has 0 atom stereocenters. The number of benzene rings is 7. The second-order valence-corrected chi connectivity index (χ2v) is 14.5. The Bertz CT molecular complexity index is 3130. The van der Waals surface area contributed by atoms with Gasteiger partial charge in [0.2, 0.25) is 0 Å². The van der Waals surface area contributed by atoms with Gasteiger partial charge in [-0.3, -0.25) is 4.98 Å². The van der Waals surface area contributed by atoms with Gasteiger partial charge in [-0.15, -0.1) is 0 Å². The maximum atomic E-state index is 4.56. The molecule has 0 fully saturated rings. The van der Waals surface area contributed by atoms with Crippen molar-refractivity contribution in [1.29, 1.82) is 0 Å². The summed E-state index contributed by atoms with van der Waals surface area (Å²) in [6.07, 6.45) is 7.04. The van der Waals surface area contributed by atoms with E-state index in [0.29, 0.717) is 5.82 Å². The minimum absolute atomic E-state index is 0.640. The van der Waals surface area contributed by atoms with E-state index in [0.717, 1.165) is 56.4 Å². The minimum Gasteiger partial charge on any atom is -0.316 e. The zero-order valence-corrected chi connectivity index (χ0v) is 31.8. The highest BCUT2D eigenvalue weighted by molar-refractivity contribution is 6.14. The Morgan fingerprint density at radius 1 is 0.407 bits per heavy atom. The van der Waals surface area contributed by atoms with Gasteiger partial charge in [-0.05, 0) is 126 Å². The number of aromatic nitrogens is 6. The number of anilines is 3. The summed E-state index contributed by atoms with van der Waals surface area (Å²) in [6.45, 7) is 0. The number of rotatable bonds is 8. The van der Waals surface area contributed by atoms with Crippen molar-refractivity contribution in [3.05, 3.63) is 213 Å². The molecule has 11 rings (SSSR count). The van der Waals surface area contributed by atoms with Crippen molar-refractivity contribution < 1.29 is 0 Å². The molecule has 0 aliphatic heterocycles. The average Bonchev–Trinajstić information content (AvgIpc) is 3.88. The van der Waals surface area contributed by atoms with E-state index in [1.807, 2.05) is 24.4 Å². The van der Waals surface area contributed by atoms with E-state index in [1.54, 1.807) is 0 Å². The van der Waals surface area contributed by atoms with Crippen molar-refractivity contribution in [2.45, 2.75) is 0 Å². The Hall–Kier alpha value is -8.16. The molecular formula is C52H35N7. The first-order valence-electron chi connectivity index (χ1n) is 19.6. The van der Waals surface area contributed by atoms with E-state index in [-0.39, 0.29) is 0 Å². The van der Waals surface area contributed by atoms with Gasteiger partial charge in [-0.2, -0.15) is 0 Å². The molecule has 0 bridgehead atoms. The Kier molecular flexibility index (Phi) is 8.33. The van der Waals surface area contributed by atoms with Gasteiger partial charge in [0.1, 0.15) is 12.7 Å². The van der Waals surface area contributed by atoms with Gasteiger partial charge in [-0.25, -0.2) is 15.0 Å². The summed E-state index contributed by atoms with van der Waals surface area (Å²) in [5, 5.41) is 3.65. The standard InChI is InChI=1S/C52H35N7/c1-3-9-41(10-4-1)57-30-28-40-32-47-46-31-39(20-27-49(46)59(51(47)33-50(40)57)42-11-5-2-6-12-42)36-14-21-43(22-15-36)58(44-23-16-37(17-24-44)48-13-7-8-29-54-48)45-25-18-38(19-26-45)52-55-34-53-35-56-52/h1-35H. The summed E-state index contributed by atoms with van der Waals surface area (Å²) in [7, 11) is 0. The Balaban J connectivity index is 1.00. The lowest BCUT2D eigenvalue weighted by Gasteiger charge is -2.26. The minimum atomic E-state index is 0.640. The van der Waals surface area contributed by atoms with Crippen LogP contribution in [0, 0.1) is 0 Å². The van der Waals surface area contributed by atoms with Gasteiger partial charge < -0.3 is 14.0 Å². The second-order valence-electron chi connectivity index (χ2n) is 14.5. The van der Waals surface area contributed by atoms with E-state index < -0.39 is 0 Å². The van der Waals surface area contributed by atoms with Crippen molar-refractivity contribution in [1.82, 2.24) is 29.1 Å². The molecule has 0 saturated heterocycles. The summed E-state index contributed by atoms with van der Waals surface area (Å²) in [5.74, 6) is 0.640. The van der Waals surface area contributed by atoms with Crippen LogP contribution < -0.4 is 4.90 Å². The lowest BCUT2D eigenvalue weighted by atomic mass is 10.0. The van der Waals surface area contributed by atoms with E-state index >= 15 is 0 Å². The summed E-state index contributed by atoms with van der Waals surface area (Å²) >= 11 is 0. The first-order chi connectivity index (χ1) is 29.2. The lowest BCUT2D eigenvalue weighted by molar-refractivity contribution is 1.06. The summed E-state index contributed by atoms with van der Waals surface area (Å²) in [6, 6.07) is 66.7. The third kappa shape index (κ3) is 6.18. The molecule has 7 nitrogen and oxygen atoms in total. The number of para-hydroxylation sites is 2. The molecule has 0 unspecified atom stereocenters. The zero-order chi connectivity index (χ0) is 39.1. The number of fused-ring (bicyclic) bond motifs is 4. The molecule has 4 heterocycles. The number of pyridine rings is 1. The molecule has 11 aromatic rings. The van der Waals surface area contributed by atoms with Gasteiger partial charge in [0.15, 0.2) is 5.82 Å². The fourth-order valence-electron chi connectivity index (χ4n) is 8.21. The topological polar surface area (TPSA) is 64.7 Å². The zero-order valence-electron chi connectivity index (χ0n) is 31.8. The highest BCUT2D eigenvalue weighted by Crippen LogP contribution is 2.40. The van der Waals surface area contributed by atoms with Crippen LogP contribution >= 0.6 is 0 Å². The van der Waals surface area contributed by atoms with Gasteiger partial charge in [0, 0.05) is 68.1 Å². The molecule has 0 amide bonds. The fraction of sp³-hybridized carbons (Fsp3) is 0. The molecule has 0 spiro atoms. The van der Waals surface area contributed by atoms with E-state index in [9.17, 15) is 0 Å². The molecule has 278 valence electrons. The SMILES string of the molecule is c1ccc(-n2ccc3cc4c5cc(-c6ccc(N(c7ccc(-c8ccccn8)cc7)c7ccc(-c8ncncn8)cc7)cc6)ccc5n(-c5ccccc5)c4cc32)cc1. The smallest absolute Gasteiger partial charge is 0.162 e. The quantitative estimate of drug-likeness (QED) is 0.154. The van der Waals surface area contributed by atoms with Crippen LogP contribution in [0.3, 0.4) is 0 Å². The van der Waals surface area contributed by atoms with Gasteiger partial charge in [-0.1, -0.05) is 72.8 Å². The predicted octanol–water partition coefficient (Wildman–Crippen LogP) is 12.8. The molecule has 0 N–H and O–H groups in total. The van der Waals surface area contributed by atoms with Crippen molar-refractivity contribution in [3.8, 4) is 45.1 Å². The first-order valence-corrected chi connectivity index (χ1v) is 19.6. The van der Waals surface area contributed by atoms with Crippen molar-refractivity contribution in [2.24, 2.45) is 0 Å². The van der Waals surface area contributed by atoms with E-state index in [2.05, 4.69) is 210 Å². The third-order valence-electron chi connectivity index (χ3n) is 11.0. The summed E-state index contributed by atoms with van der Waals surface area (Å²) in [5.41, 5.74) is 14.1. The van der Waals surface area contributed by atoms with Crippen LogP contribution in [0.15, 0.2) is 213 Å². The van der Waals surface area contributed by atoms with Gasteiger partial charge >= 0.3 is 0 Å². The van der Waals surface area contributed by atoms with Crippen LogP contribution in [-0.2, 0) is 0 Å². The first kappa shape index (κ1) is 34.1. The number of nitrogens with zero attached hydrogens (tertiary/aromatic N) is 7. The second kappa shape index (κ2) is 14.4. The molecular weight excluding hydrogens is 723 g/mol. The Morgan fingerprint density at radius 2 is 1.00 bits per heavy atom. The molecule has 0 aliphatic carbocycles. The van der Waals surface area contributed by atoms with Crippen molar-refractivity contribution in [2.75, 3.05) is 4.90 Å². The van der Waals surface area contributed by atoms with Gasteiger partial charge in [0.25, 0.3) is 0 Å². The summed E-state index contributed by atoms with van der Waals surface area (Å²) < 4.78 is 4.67. The largest absolute Gasteiger partial charge is 0.316 e. The predicted molar refractivity (Wildman–Crippen MR) is 240 cm³/mol. The molecule has 4 aromatic heterocycles. The van der Waals surface area contributed by atoms with Gasteiger partial charge in [0.05, 0.1) is 22.2 Å². The Labute approximate surface area is 340 Å². The van der Waals surface area contributed by atoms with Crippen LogP contribution in [0.5, 0.6) is 0 Å². The molecule has 59 heavy (non-hydrogen) atoms. The Morgan fingerprint density at radius 3 is 1.66 bits per heavy atom. The molecule has 7 heteroatoms. The lowest BCUT2D eigenvalue weighted by Crippen LogP contribution is -2.09. The molecule has 0 saturated carbocycles. The van der Waals surface area contributed by atoms with Crippen molar-refractivity contribution in [3.63, 3.8) is 0 Å². The number of hydrogen-bond acceptors (Lipinski definition) is 5. The van der Waals surface area contributed by atoms with Crippen LogP contribution in [0.4, 0.5) is 17.1 Å². The highest BCUT2D eigenvalue weighted by Gasteiger charge is 2.18.